The Bertz CT molecular complexity index is 484. The summed E-state index contributed by atoms with van der Waals surface area (Å²) >= 11 is 1.66. The van der Waals surface area contributed by atoms with Crippen LogP contribution in [-0.2, 0) is 12.1 Å². The van der Waals surface area contributed by atoms with Crippen LogP contribution in [0.4, 0.5) is 0 Å². The van der Waals surface area contributed by atoms with Gasteiger partial charge in [-0.25, -0.2) is 9.67 Å². The fourth-order valence-electron chi connectivity index (χ4n) is 1.50. The first-order valence-electron chi connectivity index (χ1n) is 5.42. The van der Waals surface area contributed by atoms with E-state index < -0.39 is 0 Å². The van der Waals surface area contributed by atoms with Crippen LogP contribution in [0, 0.1) is 0 Å². The van der Waals surface area contributed by atoms with Gasteiger partial charge in [0.05, 0.1) is 11.7 Å². The molecule has 0 aliphatic rings. The molecular weight excluding hydrogens is 232 g/mol. The van der Waals surface area contributed by atoms with Crippen molar-refractivity contribution in [2.24, 2.45) is 0 Å². The number of rotatable bonds is 5. The molecule has 0 aliphatic carbocycles. The van der Waals surface area contributed by atoms with E-state index in [0.717, 1.165) is 17.1 Å². The molecule has 0 atom stereocenters. The maximum absolute atomic E-state index is 4.34. The number of hydrogen-bond donors (Lipinski definition) is 1. The van der Waals surface area contributed by atoms with E-state index in [1.165, 1.54) is 0 Å². The molecule has 4 nitrogen and oxygen atoms in total. The molecule has 2 rings (SSSR count). The van der Waals surface area contributed by atoms with Gasteiger partial charge in [-0.15, -0.1) is 11.3 Å². The number of aromatic nitrogens is 3. The molecule has 0 radical (unpaired) electrons. The number of hydrogen-bond acceptors (Lipinski definition) is 4. The highest BCUT2D eigenvalue weighted by molar-refractivity contribution is 7.09. The van der Waals surface area contributed by atoms with Gasteiger partial charge < -0.3 is 5.32 Å². The topological polar surface area (TPSA) is 42.7 Å². The minimum Gasteiger partial charge on any atom is -0.302 e. The zero-order valence-electron chi connectivity index (χ0n) is 10.1. The molecule has 0 aliphatic heterocycles. The van der Waals surface area contributed by atoms with Crippen LogP contribution in [0.15, 0.2) is 30.5 Å². The molecular formula is C12H16N4S. The third-order valence-electron chi connectivity index (χ3n) is 2.54. The highest BCUT2D eigenvalue weighted by Gasteiger charge is 2.22. The Hall–Kier alpha value is -1.46. The lowest BCUT2D eigenvalue weighted by Crippen LogP contribution is -2.35. The highest BCUT2D eigenvalue weighted by Crippen LogP contribution is 2.22. The number of nitrogens with one attached hydrogen (secondary N) is 1. The zero-order valence-corrected chi connectivity index (χ0v) is 10.9. The second kappa shape index (κ2) is 4.81. The molecule has 0 amide bonds. The van der Waals surface area contributed by atoms with Crippen molar-refractivity contribution in [2.75, 3.05) is 0 Å². The first-order valence-corrected chi connectivity index (χ1v) is 6.30. The molecule has 0 aromatic carbocycles. The Morgan fingerprint density at radius 2 is 2.41 bits per heavy atom. The van der Waals surface area contributed by atoms with Crippen molar-refractivity contribution >= 4 is 17.5 Å². The van der Waals surface area contributed by atoms with Gasteiger partial charge in [0.1, 0.15) is 5.01 Å². The van der Waals surface area contributed by atoms with Crippen LogP contribution in [0.1, 0.15) is 24.4 Å². The molecule has 2 heterocycles. The summed E-state index contributed by atoms with van der Waals surface area (Å²) in [5, 5.41) is 10.7. The van der Waals surface area contributed by atoms with E-state index in [2.05, 4.69) is 35.8 Å². The van der Waals surface area contributed by atoms with Crippen molar-refractivity contribution < 1.29 is 0 Å². The van der Waals surface area contributed by atoms with E-state index in [1.54, 1.807) is 22.2 Å². The van der Waals surface area contributed by atoms with Crippen LogP contribution in [0.5, 0.6) is 0 Å². The van der Waals surface area contributed by atoms with Crippen molar-refractivity contribution in [3.05, 3.63) is 41.1 Å². The van der Waals surface area contributed by atoms with Crippen LogP contribution in [0.25, 0.3) is 6.20 Å². The Balaban J connectivity index is 2.00. The van der Waals surface area contributed by atoms with Crippen molar-refractivity contribution in [3.63, 3.8) is 0 Å². The monoisotopic (exact) mass is 248 g/mol. The molecule has 0 unspecified atom stereocenters. The SMILES string of the molecule is C=Cn1cc(CNC(C)(C)c2nccs2)cn1. The fraction of sp³-hybridized carbons (Fsp3) is 0.333. The summed E-state index contributed by atoms with van der Waals surface area (Å²) in [6.45, 7) is 8.69. The number of thiazole rings is 1. The maximum Gasteiger partial charge on any atom is 0.112 e. The smallest absolute Gasteiger partial charge is 0.112 e. The third-order valence-corrected chi connectivity index (χ3v) is 3.64. The molecule has 1 N–H and O–H groups in total. The van der Waals surface area contributed by atoms with Gasteiger partial charge in [-0.2, -0.15) is 5.10 Å². The summed E-state index contributed by atoms with van der Waals surface area (Å²) in [5.41, 5.74) is 1.01. The van der Waals surface area contributed by atoms with Gasteiger partial charge in [-0.1, -0.05) is 6.58 Å². The lowest BCUT2D eigenvalue weighted by atomic mass is 10.1. The van der Waals surface area contributed by atoms with E-state index in [1.807, 2.05) is 24.0 Å². The van der Waals surface area contributed by atoms with Gasteiger partial charge in [-0.05, 0) is 13.8 Å². The van der Waals surface area contributed by atoms with Crippen molar-refractivity contribution in [2.45, 2.75) is 25.9 Å². The highest BCUT2D eigenvalue weighted by atomic mass is 32.1. The van der Waals surface area contributed by atoms with Gasteiger partial charge in [0, 0.05) is 36.1 Å². The molecule has 0 spiro atoms. The summed E-state index contributed by atoms with van der Waals surface area (Å²) in [7, 11) is 0. The predicted octanol–water partition coefficient (Wildman–Crippen LogP) is 2.47. The molecule has 0 bridgehead atoms. The van der Waals surface area contributed by atoms with Crippen LogP contribution in [0.2, 0.25) is 0 Å². The Morgan fingerprint density at radius 3 is 3.00 bits per heavy atom. The Morgan fingerprint density at radius 1 is 1.59 bits per heavy atom. The summed E-state index contributed by atoms with van der Waals surface area (Å²) in [4.78, 5) is 4.34. The first kappa shape index (κ1) is 12.0. The molecule has 0 saturated heterocycles. The molecule has 0 fully saturated rings. The van der Waals surface area contributed by atoms with Gasteiger partial charge in [0.15, 0.2) is 0 Å². The van der Waals surface area contributed by atoms with Crippen LogP contribution in [0.3, 0.4) is 0 Å². The normalized spacial score (nSPS) is 11.6. The Labute approximate surface area is 105 Å². The minimum absolute atomic E-state index is 0.121. The fourth-order valence-corrected chi connectivity index (χ4v) is 2.24. The molecule has 17 heavy (non-hydrogen) atoms. The minimum atomic E-state index is -0.121. The lowest BCUT2D eigenvalue weighted by molar-refractivity contribution is 0.399. The van der Waals surface area contributed by atoms with Crippen molar-refractivity contribution in [1.29, 1.82) is 0 Å². The van der Waals surface area contributed by atoms with Crippen molar-refractivity contribution in [1.82, 2.24) is 20.1 Å². The zero-order chi connectivity index (χ0) is 12.3. The maximum atomic E-state index is 4.34. The largest absolute Gasteiger partial charge is 0.302 e. The summed E-state index contributed by atoms with van der Waals surface area (Å²) in [5.74, 6) is 0. The van der Waals surface area contributed by atoms with Gasteiger partial charge in [0.25, 0.3) is 0 Å². The number of nitrogens with zero attached hydrogens (tertiary/aromatic N) is 3. The average Bonchev–Trinajstić information content (AvgIpc) is 2.98. The molecule has 0 saturated carbocycles. The second-order valence-corrected chi connectivity index (χ2v) is 5.22. The molecule has 2 aromatic rings. The van der Waals surface area contributed by atoms with Crippen molar-refractivity contribution in [3.8, 4) is 0 Å². The van der Waals surface area contributed by atoms with E-state index in [-0.39, 0.29) is 5.54 Å². The second-order valence-electron chi connectivity index (χ2n) is 4.33. The lowest BCUT2D eigenvalue weighted by Gasteiger charge is -2.23. The summed E-state index contributed by atoms with van der Waals surface area (Å²) < 4.78 is 1.70. The van der Waals surface area contributed by atoms with E-state index in [0.29, 0.717) is 0 Å². The van der Waals surface area contributed by atoms with Crippen LogP contribution in [-0.4, -0.2) is 14.8 Å². The predicted molar refractivity (Wildman–Crippen MR) is 70.6 cm³/mol. The average molecular weight is 248 g/mol. The van der Waals surface area contributed by atoms with E-state index in [9.17, 15) is 0 Å². The standard InChI is InChI=1S/C12H16N4S/c1-4-16-9-10(8-15-16)7-14-12(2,3)11-13-5-6-17-11/h4-6,8-9,14H,1,7H2,2-3H3. The van der Waals surface area contributed by atoms with E-state index in [4.69, 9.17) is 0 Å². The van der Waals surface area contributed by atoms with Gasteiger partial charge in [-0.3, -0.25) is 0 Å². The summed E-state index contributed by atoms with van der Waals surface area (Å²) in [6, 6.07) is 0. The summed E-state index contributed by atoms with van der Waals surface area (Å²) in [6.07, 6.45) is 7.30. The molecule has 5 heteroatoms. The van der Waals surface area contributed by atoms with Gasteiger partial charge in [0.2, 0.25) is 0 Å². The van der Waals surface area contributed by atoms with Crippen LogP contribution >= 0.6 is 11.3 Å². The van der Waals surface area contributed by atoms with Crippen LogP contribution < -0.4 is 5.32 Å². The Kier molecular flexibility index (Phi) is 3.40. The third kappa shape index (κ3) is 2.81. The van der Waals surface area contributed by atoms with Gasteiger partial charge >= 0.3 is 0 Å². The molecule has 2 aromatic heterocycles. The quantitative estimate of drug-likeness (QED) is 0.884. The van der Waals surface area contributed by atoms with E-state index >= 15 is 0 Å². The molecule has 90 valence electrons. The first-order chi connectivity index (χ1) is 8.12.